The van der Waals surface area contributed by atoms with Gasteiger partial charge in [-0.25, -0.2) is 4.79 Å². The zero-order chi connectivity index (χ0) is 25.8. The van der Waals surface area contributed by atoms with E-state index in [1.165, 1.54) is 24.1 Å². The Labute approximate surface area is 228 Å². The SMILES string of the molecule is COc1cc(/C=C2\SC(=O)N(Cc3ccc(Br)cc3)C2=O)c(Br)cc1OCc1ccc(C(=O)O)cc1. The second kappa shape index (κ2) is 11.3. The first-order chi connectivity index (χ1) is 17.2. The van der Waals surface area contributed by atoms with E-state index in [0.29, 0.717) is 26.4 Å². The van der Waals surface area contributed by atoms with E-state index >= 15 is 0 Å². The van der Waals surface area contributed by atoms with Gasteiger partial charge in [-0.2, -0.15) is 0 Å². The minimum absolute atomic E-state index is 0.194. The molecule has 2 amide bonds. The molecule has 3 aromatic carbocycles. The average Bonchev–Trinajstić information content (AvgIpc) is 3.12. The molecule has 10 heteroatoms. The van der Waals surface area contributed by atoms with Crippen molar-refractivity contribution in [2.75, 3.05) is 7.11 Å². The summed E-state index contributed by atoms with van der Waals surface area (Å²) >= 11 is 7.78. The molecular formula is C26H19Br2NO6S. The van der Waals surface area contributed by atoms with Gasteiger partial charge in [0, 0.05) is 8.95 Å². The number of methoxy groups -OCH3 is 1. The number of ether oxygens (including phenoxy) is 2. The van der Waals surface area contributed by atoms with Gasteiger partial charge < -0.3 is 14.6 Å². The Morgan fingerprint density at radius 1 is 1.00 bits per heavy atom. The Morgan fingerprint density at radius 2 is 1.67 bits per heavy atom. The van der Waals surface area contributed by atoms with Crippen molar-refractivity contribution in [3.05, 3.63) is 96.8 Å². The van der Waals surface area contributed by atoms with Crippen LogP contribution >= 0.6 is 43.6 Å². The third-order valence-corrected chi connectivity index (χ3v) is 7.42. The molecule has 0 unspecified atom stereocenters. The molecule has 1 aliphatic heterocycles. The molecule has 1 aliphatic rings. The number of hydrogen-bond donors (Lipinski definition) is 1. The summed E-state index contributed by atoms with van der Waals surface area (Å²) in [6.07, 6.45) is 1.65. The molecular weight excluding hydrogens is 614 g/mol. The molecule has 3 aromatic rings. The van der Waals surface area contributed by atoms with Crippen LogP contribution < -0.4 is 9.47 Å². The normalized spacial score (nSPS) is 14.4. The van der Waals surface area contributed by atoms with E-state index in [0.717, 1.165) is 27.4 Å². The third-order valence-electron chi connectivity index (χ3n) is 5.29. The molecule has 0 spiro atoms. The number of nitrogens with zero attached hydrogens (tertiary/aromatic N) is 1. The minimum Gasteiger partial charge on any atom is -0.493 e. The molecule has 7 nitrogen and oxygen atoms in total. The summed E-state index contributed by atoms with van der Waals surface area (Å²) in [7, 11) is 1.51. The van der Waals surface area contributed by atoms with Crippen LogP contribution in [0.2, 0.25) is 0 Å². The summed E-state index contributed by atoms with van der Waals surface area (Å²) in [6.45, 7) is 0.400. The predicted molar refractivity (Wildman–Crippen MR) is 144 cm³/mol. The van der Waals surface area contributed by atoms with Crippen LogP contribution in [0.5, 0.6) is 11.5 Å². The van der Waals surface area contributed by atoms with E-state index in [-0.39, 0.29) is 29.9 Å². The second-order valence-corrected chi connectivity index (χ2v) is 10.5. The largest absolute Gasteiger partial charge is 0.493 e. The lowest BCUT2D eigenvalue weighted by molar-refractivity contribution is -0.123. The molecule has 0 saturated carbocycles. The van der Waals surface area contributed by atoms with Crippen LogP contribution in [0.3, 0.4) is 0 Å². The maximum Gasteiger partial charge on any atom is 0.335 e. The molecule has 1 heterocycles. The molecule has 36 heavy (non-hydrogen) atoms. The number of aromatic carboxylic acids is 1. The van der Waals surface area contributed by atoms with Crippen molar-refractivity contribution in [2.45, 2.75) is 13.2 Å². The maximum atomic E-state index is 12.9. The highest BCUT2D eigenvalue weighted by atomic mass is 79.9. The van der Waals surface area contributed by atoms with Crippen LogP contribution in [-0.2, 0) is 17.9 Å². The zero-order valence-corrected chi connectivity index (χ0v) is 22.9. The minimum atomic E-state index is -0.991. The Bertz CT molecular complexity index is 1360. The van der Waals surface area contributed by atoms with Gasteiger partial charge in [-0.15, -0.1) is 0 Å². The highest BCUT2D eigenvalue weighted by molar-refractivity contribution is 9.10. The van der Waals surface area contributed by atoms with Gasteiger partial charge in [0.15, 0.2) is 11.5 Å². The van der Waals surface area contributed by atoms with Gasteiger partial charge in [0.1, 0.15) is 6.61 Å². The molecule has 0 radical (unpaired) electrons. The molecule has 0 aromatic heterocycles. The smallest absolute Gasteiger partial charge is 0.335 e. The number of imide groups is 1. The van der Waals surface area contributed by atoms with E-state index in [1.807, 2.05) is 24.3 Å². The number of carboxylic acids is 1. The Balaban J connectivity index is 1.50. The number of rotatable bonds is 8. The van der Waals surface area contributed by atoms with Crippen LogP contribution in [0.15, 0.2) is 74.5 Å². The van der Waals surface area contributed by atoms with Crippen molar-refractivity contribution in [3.8, 4) is 11.5 Å². The van der Waals surface area contributed by atoms with Crippen molar-refractivity contribution in [1.29, 1.82) is 0 Å². The first-order valence-corrected chi connectivity index (χ1v) is 13.0. The lowest BCUT2D eigenvalue weighted by Crippen LogP contribution is -2.27. The standard InChI is InChI=1S/C26H19Br2NO6S/c1-34-21-10-18(20(28)12-22(21)35-14-16-2-6-17(7-3-16)25(31)32)11-23-24(30)29(26(33)36-23)13-15-4-8-19(27)9-5-15/h2-12H,13-14H2,1H3,(H,31,32)/b23-11-. The lowest BCUT2D eigenvalue weighted by Gasteiger charge is -2.14. The van der Waals surface area contributed by atoms with Gasteiger partial charge in [-0.1, -0.05) is 56.1 Å². The van der Waals surface area contributed by atoms with Crippen LogP contribution in [0.1, 0.15) is 27.0 Å². The Morgan fingerprint density at radius 3 is 2.31 bits per heavy atom. The Kier molecular flexibility index (Phi) is 8.17. The fraction of sp³-hybridized carbons (Fsp3) is 0.115. The first kappa shape index (κ1) is 26.0. The van der Waals surface area contributed by atoms with Gasteiger partial charge in [0.25, 0.3) is 11.1 Å². The molecule has 0 bridgehead atoms. The van der Waals surface area contributed by atoms with Gasteiger partial charge >= 0.3 is 5.97 Å². The molecule has 1 N–H and O–H groups in total. The van der Waals surface area contributed by atoms with Crippen molar-refractivity contribution in [1.82, 2.24) is 4.90 Å². The summed E-state index contributed by atoms with van der Waals surface area (Å²) in [5.74, 6) is -0.438. The average molecular weight is 633 g/mol. The summed E-state index contributed by atoms with van der Waals surface area (Å²) in [4.78, 5) is 38.0. The highest BCUT2D eigenvalue weighted by Crippen LogP contribution is 2.38. The number of thioether (sulfide) groups is 1. The summed E-state index contributed by atoms with van der Waals surface area (Å²) in [5.41, 5.74) is 2.49. The molecule has 184 valence electrons. The van der Waals surface area contributed by atoms with Crippen molar-refractivity contribution >= 4 is 66.8 Å². The van der Waals surface area contributed by atoms with E-state index in [1.54, 1.807) is 30.3 Å². The number of hydrogen-bond acceptors (Lipinski definition) is 6. The summed E-state index contributed by atoms with van der Waals surface area (Å²) in [6, 6.07) is 17.3. The second-order valence-electron chi connectivity index (χ2n) is 7.71. The van der Waals surface area contributed by atoms with Gasteiger partial charge in [-0.3, -0.25) is 14.5 Å². The van der Waals surface area contributed by atoms with Crippen LogP contribution in [0.4, 0.5) is 4.79 Å². The first-order valence-electron chi connectivity index (χ1n) is 10.6. The van der Waals surface area contributed by atoms with E-state index in [9.17, 15) is 14.4 Å². The third kappa shape index (κ3) is 6.00. The van der Waals surface area contributed by atoms with Crippen molar-refractivity contribution in [3.63, 3.8) is 0 Å². The number of benzene rings is 3. The lowest BCUT2D eigenvalue weighted by atomic mass is 10.1. The van der Waals surface area contributed by atoms with Crippen LogP contribution in [0.25, 0.3) is 6.08 Å². The van der Waals surface area contributed by atoms with Gasteiger partial charge in [-0.05, 0) is 70.9 Å². The number of halogens is 2. The molecule has 4 rings (SSSR count). The fourth-order valence-corrected chi connectivity index (χ4v) is 4.92. The highest BCUT2D eigenvalue weighted by Gasteiger charge is 2.35. The number of carbonyl (C=O) groups excluding carboxylic acids is 2. The Hall–Kier alpha value is -3.08. The summed E-state index contributed by atoms with van der Waals surface area (Å²) in [5, 5.41) is 8.70. The quantitative estimate of drug-likeness (QED) is 0.275. The summed E-state index contributed by atoms with van der Waals surface area (Å²) < 4.78 is 12.9. The maximum absolute atomic E-state index is 12.9. The number of amides is 2. The van der Waals surface area contributed by atoms with Crippen molar-refractivity contribution in [2.24, 2.45) is 0 Å². The number of carbonyl (C=O) groups is 3. The van der Waals surface area contributed by atoms with Crippen LogP contribution in [-0.4, -0.2) is 34.2 Å². The zero-order valence-electron chi connectivity index (χ0n) is 18.9. The predicted octanol–water partition coefficient (Wildman–Crippen LogP) is 6.73. The fourth-order valence-electron chi connectivity index (χ4n) is 3.39. The van der Waals surface area contributed by atoms with E-state index in [2.05, 4.69) is 31.9 Å². The van der Waals surface area contributed by atoms with E-state index < -0.39 is 5.97 Å². The number of carboxylic acid groups (broad SMARTS) is 1. The molecule has 1 fully saturated rings. The molecule has 0 aliphatic carbocycles. The van der Waals surface area contributed by atoms with Gasteiger partial charge in [0.2, 0.25) is 0 Å². The van der Waals surface area contributed by atoms with Crippen molar-refractivity contribution < 1.29 is 29.0 Å². The monoisotopic (exact) mass is 631 g/mol. The molecule has 0 atom stereocenters. The van der Waals surface area contributed by atoms with Gasteiger partial charge in [0.05, 0.1) is 24.1 Å². The van der Waals surface area contributed by atoms with E-state index in [4.69, 9.17) is 14.6 Å². The topological polar surface area (TPSA) is 93.1 Å². The van der Waals surface area contributed by atoms with Crippen LogP contribution in [0, 0.1) is 0 Å². The molecule has 1 saturated heterocycles.